The molecule has 0 spiro atoms. The highest BCUT2D eigenvalue weighted by Crippen LogP contribution is 2.64. The minimum atomic E-state index is -5.46. The molecule has 0 unspecified atom stereocenters. The summed E-state index contributed by atoms with van der Waals surface area (Å²) in [5.74, 6) is -0.300. The van der Waals surface area contributed by atoms with E-state index < -0.39 is 42.3 Å². The maximum Gasteiger partial charge on any atom is 0.490 e. The summed E-state index contributed by atoms with van der Waals surface area (Å²) in [6, 6.07) is 9.16. The average Bonchev–Trinajstić information content (AvgIpc) is 3.01. The number of carbonyl (C=O) groups is 1. The lowest BCUT2D eigenvalue weighted by molar-refractivity contribution is -0.0148. The van der Waals surface area contributed by atoms with Crippen molar-refractivity contribution in [1.29, 1.82) is 0 Å². The number of ketones is 1. The Morgan fingerprint density at radius 1 is 0.935 bits per heavy atom. The van der Waals surface area contributed by atoms with Crippen LogP contribution in [0.1, 0.15) is 16.9 Å². The summed E-state index contributed by atoms with van der Waals surface area (Å²) in [7, 11) is -16.2. The number of hydrogen-bond donors (Lipinski definition) is 9. The minimum Gasteiger partial charge on any atom is -0.394 e. The lowest BCUT2D eigenvalue weighted by Crippen LogP contribution is -2.31. The zero-order chi connectivity index (χ0) is 24.0. The van der Waals surface area contributed by atoms with Crippen LogP contribution in [0.25, 0.3) is 10.9 Å². The van der Waals surface area contributed by atoms with Crippen LogP contribution >= 0.6 is 23.5 Å². The number of hydrogen-bond acceptors (Lipinski definition) is 9. The molecular formula is C13H20NO14P3. The number of nitrogens with one attached hydrogen (secondary N) is 1. The van der Waals surface area contributed by atoms with E-state index in [4.69, 9.17) is 29.6 Å². The molecule has 0 amide bonds. The van der Waals surface area contributed by atoms with Gasteiger partial charge in [-0.15, -0.1) is 0 Å². The topological polar surface area (TPSA) is 264 Å². The van der Waals surface area contributed by atoms with Crippen molar-refractivity contribution >= 4 is 40.2 Å². The summed E-state index contributed by atoms with van der Waals surface area (Å²) in [6.07, 6.45) is -2.78. The Balaban J connectivity index is 0.000000330. The number of H-pyrrole nitrogens is 1. The molecule has 2 aromatic rings. The van der Waals surface area contributed by atoms with Crippen molar-refractivity contribution in [2.45, 2.75) is 18.6 Å². The smallest absolute Gasteiger partial charge is 0.394 e. The van der Waals surface area contributed by atoms with Gasteiger partial charge in [-0.1, -0.05) is 18.2 Å². The molecule has 0 aliphatic carbocycles. The van der Waals surface area contributed by atoms with Gasteiger partial charge in [0.05, 0.1) is 18.4 Å². The zero-order valence-corrected chi connectivity index (χ0v) is 18.0. The summed E-state index contributed by atoms with van der Waals surface area (Å²) in [6.45, 7) is -0.568. The molecule has 9 N–H and O–H groups in total. The van der Waals surface area contributed by atoms with Gasteiger partial charge in [-0.25, -0.2) is 13.7 Å². The van der Waals surface area contributed by atoms with Crippen molar-refractivity contribution in [3.63, 3.8) is 0 Å². The number of para-hydroxylation sites is 1. The lowest BCUT2D eigenvalue weighted by Gasteiger charge is -2.13. The normalized spacial score (nSPS) is 14.6. The van der Waals surface area contributed by atoms with E-state index >= 15 is 0 Å². The van der Waals surface area contributed by atoms with E-state index in [-0.39, 0.29) is 12.2 Å². The molecule has 0 radical (unpaired) electrons. The quantitative estimate of drug-likeness (QED) is 0.157. The van der Waals surface area contributed by atoms with Crippen LogP contribution in [0.5, 0.6) is 0 Å². The second-order valence-corrected chi connectivity index (χ2v) is 10.0. The summed E-state index contributed by atoms with van der Waals surface area (Å²) in [4.78, 5) is 55.0. The van der Waals surface area contributed by atoms with Gasteiger partial charge in [0.15, 0.2) is 5.78 Å². The molecule has 15 nitrogen and oxygen atoms in total. The molecule has 1 aromatic carbocycles. The maximum atomic E-state index is 11.9. The van der Waals surface area contributed by atoms with Crippen LogP contribution in [0, 0.1) is 0 Å². The van der Waals surface area contributed by atoms with E-state index in [1.807, 2.05) is 24.3 Å². The van der Waals surface area contributed by atoms with Crippen LogP contribution in [0.2, 0.25) is 0 Å². The van der Waals surface area contributed by atoms with E-state index in [0.29, 0.717) is 5.69 Å². The SMILES string of the molecule is O=C(C[C@H](O)[C@H](O)CO)c1cc2ccccc2[nH]1.O=P(O)(O)OP(=O)(O)OP(=O)(O)O. The summed E-state index contributed by atoms with van der Waals surface area (Å²) in [5, 5.41) is 28.3. The average molecular weight is 507 g/mol. The van der Waals surface area contributed by atoms with Crippen LogP contribution in [0.3, 0.4) is 0 Å². The van der Waals surface area contributed by atoms with Gasteiger partial charge in [0.2, 0.25) is 0 Å². The third-order valence-electron chi connectivity index (χ3n) is 3.28. The van der Waals surface area contributed by atoms with E-state index in [1.165, 1.54) is 0 Å². The molecule has 0 aliphatic rings. The number of aromatic amines is 1. The van der Waals surface area contributed by atoms with Crippen LogP contribution in [-0.4, -0.2) is 69.4 Å². The van der Waals surface area contributed by atoms with Gasteiger partial charge in [0, 0.05) is 17.3 Å². The van der Waals surface area contributed by atoms with Gasteiger partial charge >= 0.3 is 23.5 Å². The highest BCUT2D eigenvalue weighted by atomic mass is 31.3. The summed E-state index contributed by atoms with van der Waals surface area (Å²) >= 11 is 0. The Morgan fingerprint density at radius 3 is 1.90 bits per heavy atom. The van der Waals surface area contributed by atoms with E-state index in [9.17, 15) is 28.7 Å². The first kappa shape index (κ1) is 27.8. The first-order chi connectivity index (χ1) is 14.0. The number of aliphatic hydroxyl groups is 3. The van der Waals surface area contributed by atoms with E-state index in [2.05, 4.69) is 13.6 Å². The number of phosphoric acid groups is 3. The Hall–Kier alpha value is -1.28. The fraction of sp³-hybridized carbons (Fsp3) is 0.308. The molecule has 2 rings (SSSR count). The minimum absolute atomic E-state index is 0.228. The van der Waals surface area contributed by atoms with Gasteiger partial charge < -0.3 is 44.8 Å². The Kier molecular flexibility index (Phi) is 9.88. The standard InChI is InChI=1S/C13H15NO4.H5O10P3/c15-7-13(18)12(17)6-11(16)10-5-8-3-1-2-4-9(8)14-10;1-11(2,3)9-13(7,8)10-12(4,5)6/h1-5,12-15,17-18H,6-7H2;(H,7,8)(H2,1,2,3)(H2,4,5,6)/t12-,13+;/m0./s1. The third kappa shape index (κ3) is 10.7. The largest absolute Gasteiger partial charge is 0.490 e. The van der Waals surface area contributed by atoms with E-state index in [1.54, 1.807) is 6.07 Å². The van der Waals surface area contributed by atoms with Crippen LogP contribution in [0.4, 0.5) is 0 Å². The van der Waals surface area contributed by atoms with Gasteiger partial charge in [-0.05, 0) is 12.1 Å². The molecule has 31 heavy (non-hydrogen) atoms. The fourth-order valence-corrected chi connectivity index (χ4v) is 4.60. The molecule has 0 saturated heterocycles. The second-order valence-electron chi connectivity index (χ2n) is 5.83. The molecule has 176 valence electrons. The van der Waals surface area contributed by atoms with Crippen LogP contribution < -0.4 is 0 Å². The molecular weight excluding hydrogens is 487 g/mol. The van der Waals surface area contributed by atoms with Crippen molar-refractivity contribution < 1.29 is 66.9 Å². The third-order valence-corrected chi connectivity index (χ3v) is 6.63. The highest BCUT2D eigenvalue weighted by Gasteiger charge is 2.38. The van der Waals surface area contributed by atoms with Gasteiger partial charge in [-0.2, -0.15) is 8.62 Å². The summed E-state index contributed by atoms with van der Waals surface area (Å²) < 4.78 is 36.4. The van der Waals surface area contributed by atoms with Crippen molar-refractivity contribution in [2.75, 3.05) is 6.61 Å². The van der Waals surface area contributed by atoms with Gasteiger partial charge in [0.25, 0.3) is 0 Å². The molecule has 0 aliphatic heterocycles. The number of benzene rings is 1. The highest BCUT2D eigenvalue weighted by molar-refractivity contribution is 7.66. The molecule has 2 atom stereocenters. The van der Waals surface area contributed by atoms with Crippen molar-refractivity contribution in [2.24, 2.45) is 0 Å². The number of aromatic nitrogens is 1. The first-order valence-electron chi connectivity index (χ1n) is 7.97. The predicted octanol–water partition coefficient (Wildman–Crippen LogP) is -0.240. The van der Waals surface area contributed by atoms with E-state index in [0.717, 1.165) is 10.9 Å². The van der Waals surface area contributed by atoms with Crippen molar-refractivity contribution in [3.05, 3.63) is 36.0 Å². The Labute approximate surface area is 174 Å². The van der Waals surface area contributed by atoms with Crippen molar-refractivity contribution in [3.8, 4) is 0 Å². The molecule has 1 aromatic heterocycles. The van der Waals surface area contributed by atoms with Gasteiger partial charge in [-0.3, -0.25) is 4.79 Å². The number of aliphatic hydroxyl groups excluding tert-OH is 3. The molecule has 1 heterocycles. The van der Waals surface area contributed by atoms with Gasteiger partial charge in [0.1, 0.15) is 6.10 Å². The number of Topliss-reactive ketones (excluding diaryl/α,β-unsaturated/α-hetero) is 1. The molecule has 0 bridgehead atoms. The van der Waals surface area contributed by atoms with Crippen LogP contribution in [-0.2, 0) is 22.3 Å². The molecule has 18 heteroatoms. The first-order valence-corrected chi connectivity index (χ1v) is 12.5. The second kappa shape index (κ2) is 11.0. The predicted molar refractivity (Wildman–Crippen MR) is 102 cm³/mol. The fourth-order valence-electron chi connectivity index (χ4n) is 2.06. The van der Waals surface area contributed by atoms with Crippen LogP contribution in [0.15, 0.2) is 30.3 Å². The summed E-state index contributed by atoms with van der Waals surface area (Å²) in [5.41, 5.74) is 1.23. The maximum absolute atomic E-state index is 11.9. The Morgan fingerprint density at radius 2 is 1.45 bits per heavy atom. The Bertz CT molecular complexity index is 964. The number of rotatable bonds is 9. The molecule has 0 saturated carbocycles. The zero-order valence-electron chi connectivity index (χ0n) is 15.3. The number of carbonyl (C=O) groups excluding carboxylic acids is 1. The number of fused-ring (bicyclic) bond motifs is 1. The van der Waals surface area contributed by atoms with Crippen molar-refractivity contribution in [1.82, 2.24) is 4.98 Å². The molecule has 0 fully saturated rings. The lowest BCUT2D eigenvalue weighted by atomic mass is 10.1. The monoisotopic (exact) mass is 507 g/mol.